The third-order valence-corrected chi connectivity index (χ3v) is 4.27. The first-order chi connectivity index (χ1) is 20.2. The van der Waals surface area contributed by atoms with Crippen molar-refractivity contribution in [3.8, 4) is 17.3 Å². The maximum atomic E-state index is 14.0. The third kappa shape index (κ3) is 3.20. The Morgan fingerprint density at radius 1 is 1.27 bits per heavy atom. The molecule has 0 aliphatic carbocycles. The molecule has 1 aliphatic rings. The summed E-state index contributed by atoms with van der Waals surface area (Å²) < 4.78 is 150. The fourth-order valence-corrected chi connectivity index (χ4v) is 3.00. The van der Waals surface area contributed by atoms with Crippen LogP contribution in [0.4, 0.5) is 20.3 Å². The molecule has 4 rings (SSSR count). The van der Waals surface area contributed by atoms with Gasteiger partial charge < -0.3 is 9.80 Å². The number of halogens is 2. The Labute approximate surface area is 194 Å². The lowest BCUT2D eigenvalue weighted by molar-refractivity contribution is -0.120. The van der Waals surface area contributed by atoms with Crippen molar-refractivity contribution in [3.05, 3.63) is 48.4 Å². The number of nitrogens with zero attached hydrogens (tertiary/aromatic N) is 6. The van der Waals surface area contributed by atoms with Crippen LogP contribution in [0.25, 0.3) is 17.3 Å². The molecule has 0 saturated heterocycles. The minimum Gasteiger partial charge on any atom is -0.340 e. The summed E-state index contributed by atoms with van der Waals surface area (Å²) in [5, 5.41) is 0. The van der Waals surface area contributed by atoms with Gasteiger partial charge in [0.05, 0.1) is 7.57 Å². The van der Waals surface area contributed by atoms with Crippen LogP contribution in [-0.2, 0) is 4.79 Å². The maximum Gasteiger partial charge on any atom is 0.249 e. The fraction of sp³-hybridized carbons (Fsp3) is 0.333. The number of aromatic nitrogens is 4. The molecule has 0 fully saturated rings. The van der Waals surface area contributed by atoms with Crippen LogP contribution < -0.4 is 9.80 Å². The minimum atomic E-state index is -4.02. The largest absolute Gasteiger partial charge is 0.340 e. The lowest BCUT2D eigenvalue weighted by Gasteiger charge is -2.42. The molecule has 1 atom stereocenters. The monoisotopic (exact) mass is 427 g/mol. The van der Waals surface area contributed by atoms with Gasteiger partial charge in [-0.2, -0.15) is 4.98 Å². The average molecular weight is 428 g/mol. The van der Waals surface area contributed by atoms with E-state index in [4.69, 9.17) is 20.6 Å². The van der Waals surface area contributed by atoms with Crippen molar-refractivity contribution in [1.29, 1.82) is 0 Å². The number of anilines is 2. The first kappa shape index (κ1) is 8.79. The minimum absolute atomic E-state index is 0.0902. The van der Waals surface area contributed by atoms with Gasteiger partial charge in [0.15, 0.2) is 5.82 Å². The van der Waals surface area contributed by atoms with Gasteiger partial charge in [-0.15, -0.1) is 0 Å². The van der Waals surface area contributed by atoms with E-state index in [1.807, 2.05) is 0 Å². The standard InChI is InChI=1S/C21H22F2N6O/c1-5-16-20(30)27(4)17-11-25-21(26-19(17)29(16)12(2)3)28-7-6-24-18(28)13-8-14(22)10-15(23)9-13/h6-12,16H,5H2,1-4H3/t16-/m0/s1/i1D3,2D3,3D3,4D3,5D2,12D. The van der Waals surface area contributed by atoms with Crippen molar-refractivity contribution in [1.82, 2.24) is 19.5 Å². The Kier molecular flexibility index (Phi) is 2.19. The molecular formula is C21H22F2N6O. The highest BCUT2D eigenvalue weighted by atomic mass is 19.1. The number of fused-ring (bicyclic) bond motifs is 1. The van der Waals surface area contributed by atoms with E-state index >= 15 is 0 Å². The molecule has 3 heterocycles. The summed E-state index contributed by atoms with van der Waals surface area (Å²) in [6.07, 6.45) is -1.00. The van der Waals surface area contributed by atoms with Crippen LogP contribution in [0.15, 0.2) is 36.8 Å². The zero-order valence-electron chi connectivity index (χ0n) is 29.9. The highest BCUT2D eigenvalue weighted by Crippen LogP contribution is 2.36. The first-order valence-corrected chi connectivity index (χ1v) is 8.26. The van der Waals surface area contributed by atoms with E-state index in [-0.39, 0.29) is 21.2 Å². The van der Waals surface area contributed by atoms with Gasteiger partial charge >= 0.3 is 0 Å². The quantitative estimate of drug-likeness (QED) is 0.637. The molecule has 0 saturated carbocycles. The number of carbonyl (C=O) groups excluding carboxylic acids is 1. The van der Waals surface area contributed by atoms with Crippen molar-refractivity contribution < 1.29 is 34.1 Å². The molecule has 156 valence electrons. The number of hydrogen-bond acceptors (Lipinski definition) is 5. The maximum absolute atomic E-state index is 14.0. The fourth-order valence-electron chi connectivity index (χ4n) is 3.00. The van der Waals surface area contributed by atoms with Crippen molar-refractivity contribution >= 4 is 17.4 Å². The van der Waals surface area contributed by atoms with Gasteiger partial charge in [0.2, 0.25) is 11.9 Å². The summed E-state index contributed by atoms with van der Waals surface area (Å²) in [5.74, 6) is -5.90. The number of benzene rings is 1. The van der Waals surface area contributed by atoms with Gasteiger partial charge in [-0.25, -0.2) is 18.7 Å². The second-order valence-electron chi connectivity index (χ2n) is 6.10. The molecule has 1 aliphatic heterocycles. The summed E-state index contributed by atoms with van der Waals surface area (Å²) in [6.45, 7) is -15.2. The van der Waals surface area contributed by atoms with E-state index < -0.39 is 81.0 Å². The van der Waals surface area contributed by atoms with Crippen molar-refractivity contribution in [2.45, 2.75) is 39.0 Å². The zero-order chi connectivity index (χ0) is 34.3. The molecule has 1 aromatic carbocycles. The van der Waals surface area contributed by atoms with Gasteiger partial charge in [-0.3, -0.25) is 9.36 Å². The van der Waals surface area contributed by atoms with E-state index in [0.717, 1.165) is 29.1 Å². The van der Waals surface area contributed by atoms with E-state index in [9.17, 15) is 13.6 Å². The predicted octanol–water partition coefficient (Wildman–Crippen LogP) is 3.58. The molecule has 0 bridgehead atoms. The Balaban J connectivity index is 2.15. The molecule has 0 spiro atoms. The molecule has 3 aromatic rings. The topological polar surface area (TPSA) is 67.2 Å². The molecule has 9 heteroatoms. The lowest BCUT2D eigenvalue weighted by atomic mass is 10.1. The van der Waals surface area contributed by atoms with Gasteiger partial charge in [-0.05, 0) is 32.2 Å². The number of imidazole rings is 1. The molecule has 0 radical (unpaired) electrons. The van der Waals surface area contributed by atoms with E-state index in [0.29, 0.717) is 12.3 Å². The van der Waals surface area contributed by atoms with Crippen molar-refractivity contribution in [2.24, 2.45) is 0 Å². The normalized spacial score (nSPS) is 26.3. The van der Waals surface area contributed by atoms with Crippen molar-refractivity contribution in [2.75, 3.05) is 16.8 Å². The first-order valence-electron chi connectivity index (χ1n) is 15.8. The number of likely N-dealkylation sites (N-methyl/N-ethyl adjacent to an activating group) is 1. The molecule has 0 N–H and O–H groups in total. The van der Waals surface area contributed by atoms with Crippen LogP contribution >= 0.6 is 0 Å². The summed E-state index contributed by atoms with van der Waals surface area (Å²) in [7, 11) is 0. The van der Waals surface area contributed by atoms with Crippen LogP contribution in [0.2, 0.25) is 0 Å². The number of amides is 1. The van der Waals surface area contributed by atoms with E-state index in [1.54, 1.807) is 0 Å². The van der Waals surface area contributed by atoms with E-state index in [2.05, 4.69) is 15.0 Å². The average Bonchev–Trinajstić information content (AvgIpc) is 3.33. The van der Waals surface area contributed by atoms with Gasteiger partial charge in [0.25, 0.3) is 0 Å². The Hall–Kier alpha value is -3.36. The summed E-state index contributed by atoms with van der Waals surface area (Å²) in [4.78, 5) is 25.5. The molecular weight excluding hydrogens is 390 g/mol. The summed E-state index contributed by atoms with van der Waals surface area (Å²) in [6, 6.07) is -4.79. The number of carbonyl (C=O) groups is 1. The third-order valence-electron chi connectivity index (χ3n) is 4.27. The van der Waals surface area contributed by atoms with Crippen molar-refractivity contribution in [3.63, 3.8) is 0 Å². The molecule has 7 nitrogen and oxygen atoms in total. The highest BCUT2D eigenvalue weighted by molar-refractivity contribution is 6.04. The van der Waals surface area contributed by atoms with Gasteiger partial charge in [0, 0.05) is 56.2 Å². The van der Waals surface area contributed by atoms with Crippen LogP contribution in [0, 0.1) is 11.6 Å². The molecule has 30 heavy (non-hydrogen) atoms. The Morgan fingerprint density at radius 2 is 2.07 bits per heavy atom. The second-order valence-corrected chi connectivity index (χ2v) is 6.10. The SMILES string of the molecule is [2H]C([2H])([2H])N1C(=O)[C@H](C([2H])([2H])C([2H])([2H])[2H])N(C([2H])(C([2H])([2H])[2H])C([2H])([2H])[2H])c2nc(-n3ccnc3-c3cc(F)cc(F)c3)ncc21. The molecule has 1 amide bonds. The summed E-state index contributed by atoms with van der Waals surface area (Å²) >= 11 is 0. The van der Waals surface area contributed by atoms with Crippen LogP contribution in [0.3, 0.4) is 0 Å². The van der Waals surface area contributed by atoms with Crippen LogP contribution in [-0.4, -0.2) is 44.5 Å². The Bertz CT molecular complexity index is 1600. The molecule has 2 aromatic heterocycles. The Morgan fingerprint density at radius 3 is 2.77 bits per heavy atom. The predicted molar refractivity (Wildman–Crippen MR) is 110 cm³/mol. The second kappa shape index (κ2) is 7.47. The summed E-state index contributed by atoms with van der Waals surface area (Å²) in [5.41, 5.74) is -1.09. The smallest absolute Gasteiger partial charge is 0.249 e. The van der Waals surface area contributed by atoms with Gasteiger partial charge in [-0.1, -0.05) is 6.85 Å². The zero-order valence-corrected chi connectivity index (χ0v) is 14.9. The van der Waals surface area contributed by atoms with Crippen LogP contribution in [0.1, 0.15) is 47.5 Å². The lowest BCUT2D eigenvalue weighted by Crippen LogP contribution is -2.55. The van der Waals surface area contributed by atoms with Crippen LogP contribution in [0.5, 0.6) is 0 Å². The number of rotatable bonds is 4. The highest BCUT2D eigenvalue weighted by Gasteiger charge is 2.38. The van der Waals surface area contributed by atoms with Gasteiger partial charge in [0.1, 0.15) is 29.2 Å². The van der Waals surface area contributed by atoms with E-state index in [1.165, 1.54) is 0 Å². The number of hydrogen-bond donors (Lipinski definition) is 0. The molecule has 0 unspecified atom stereocenters.